The van der Waals surface area contributed by atoms with Gasteiger partial charge >= 0.3 is 6.03 Å². The number of urea groups is 1. The fourth-order valence-corrected chi connectivity index (χ4v) is 3.14. The molecule has 2 aromatic rings. The van der Waals surface area contributed by atoms with Crippen molar-refractivity contribution in [1.82, 2.24) is 5.32 Å². The second-order valence-electron chi connectivity index (χ2n) is 5.32. The van der Waals surface area contributed by atoms with Crippen LogP contribution in [0.5, 0.6) is 0 Å². The van der Waals surface area contributed by atoms with Crippen LogP contribution in [0.15, 0.2) is 41.3 Å². The number of benzene rings is 1. The molecule has 0 radical (unpaired) electrons. The first-order valence-electron chi connectivity index (χ1n) is 6.99. The second-order valence-corrected chi connectivity index (χ2v) is 6.30. The zero-order valence-corrected chi connectivity index (χ0v) is 13.4. The molecular weight excluding hydrogens is 312 g/mol. The van der Waals surface area contributed by atoms with E-state index in [4.69, 9.17) is 0 Å². The standard InChI is InChI=1S/C17H14N2O3S/c1-10-6-11(2)8-12(7-10)19-16(21)14(15(20)18-17(19)22)9-13-4-3-5-23-13/h3-9H,1-2H3,(H,18,20,22)/b14-9+. The molecule has 116 valence electrons. The predicted molar refractivity (Wildman–Crippen MR) is 89.2 cm³/mol. The molecule has 1 aromatic carbocycles. The summed E-state index contributed by atoms with van der Waals surface area (Å²) in [6.45, 7) is 3.77. The van der Waals surface area contributed by atoms with E-state index in [2.05, 4.69) is 5.32 Å². The highest BCUT2D eigenvalue weighted by Gasteiger charge is 2.36. The normalized spacial score (nSPS) is 16.9. The lowest BCUT2D eigenvalue weighted by Crippen LogP contribution is -2.54. The lowest BCUT2D eigenvalue weighted by atomic mass is 10.1. The van der Waals surface area contributed by atoms with E-state index in [0.717, 1.165) is 20.9 Å². The van der Waals surface area contributed by atoms with Gasteiger partial charge in [0.1, 0.15) is 5.57 Å². The highest BCUT2D eigenvalue weighted by molar-refractivity contribution is 7.10. The minimum atomic E-state index is -0.728. The minimum absolute atomic E-state index is 0.0498. The Kier molecular flexibility index (Phi) is 3.83. The zero-order valence-electron chi connectivity index (χ0n) is 12.6. The number of imide groups is 2. The molecule has 4 amide bonds. The summed E-state index contributed by atoms with van der Waals surface area (Å²) in [6, 6.07) is 8.33. The number of nitrogens with one attached hydrogen (secondary N) is 1. The summed E-state index contributed by atoms with van der Waals surface area (Å²) >= 11 is 1.41. The number of carbonyl (C=O) groups excluding carboxylic acids is 3. The Bertz CT molecular complexity index is 817. The van der Waals surface area contributed by atoms with Crippen LogP contribution >= 0.6 is 11.3 Å². The fourth-order valence-electron chi connectivity index (χ4n) is 2.49. The first-order valence-corrected chi connectivity index (χ1v) is 7.87. The van der Waals surface area contributed by atoms with E-state index in [1.54, 1.807) is 18.2 Å². The summed E-state index contributed by atoms with van der Waals surface area (Å²) in [5.74, 6) is -1.29. The Labute approximate surface area is 137 Å². The molecule has 23 heavy (non-hydrogen) atoms. The number of aryl methyl sites for hydroxylation is 2. The summed E-state index contributed by atoms with van der Waals surface area (Å²) in [5.41, 5.74) is 2.27. The van der Waals surface area contributed by atoms with E-state index in [9.17, 15) is 14.4 Å². The number of nitrogens with zero attached hydrogens (tertiary/aromatic N) is 1. The maximum atomic E-state index is 12.7. The lowest BCUT2D eigenvalue weighted by molar-refractivity contribution is -0.122. The van der Waals surface area contributed by atoms with E-state index >= 15 is 0 Å². The molecule has 0 spiro atoms. The van der Waals surface area contributed by atoms with Crippen molar-refractivity contribution in [3.63, 3.8) is 0 Å². The van der Waals surface area contributed by atoms with Crippen molar-refractivity contribution in [1.29, 1.82) is 0 Å². The van der Waals surface area contributed by atoms with E-state index in [0.29, 0.717) is 5.69 Å². The molecule has 1 fully saturated rings. The van der Waals surface area contributed by atoms with Crippen molar-refractivity contribution in [2.24, 2.45) is 0 Å². The van der Waals surface area contributed by atoms with E-state index in [1.807, 2.05) is 31.4 Å². The fraction of sp³-hybridized carbons (Fsp3) is 0.118. The molecule has 2 heterocycles. The van der Waals surface area contributed by atoms with Crippen LogP contribution in [-0.2, 0) is 9.59 Å². The van der Waals surface area contributed by atoms with Crippen LogP contribution in [0, 0.1) is 13.8 Å². The summed E-state index contributed by atoms with van der Waals surface area (Å²) in [6.07, 6.45) is 1.50. The number of amides is 4. The third kappa shape index (κ3) is 2.93. The zero-order chi connectivity index (χ0) is 16.6. The molecule has 1 aromatic heterocycles. The van der Waals surface area contributed by atoms with Crippen molar-refractivity contribution in [3.05, 3.63) is 57.3 Å². The van der Waals surface area contributed by atoms with E-state index < -0.39 is 17.8 Å². The van der Waals surface area contributed by atoms with Crippen LogP contribution in [0.25, 0.3) is 6.08 Å². The van der Waals surface area contributed by atoms with Crippen LogP contribution in [0.3, 0.4) is 0 Å². The highest BCUT2D eigenvalue weighted by Crippen LogP contribution is 2.24. The molecule has 3 rings (SSSR count). The van der Waals surface area contributed by atoms with Gasteiger partial charge in [0, 0.05) is 4.88 Å². The molecule has 1 aliphatic rings. The van der Waals surface area contributed by atoms with Gasteiger partial charge in [0.05, 0.1) is 5.69 Å². The molecule has 0 unspecified atom stereocenters. The molecular formula is C17H14N2O3S. The van der Waals surface area contributed by atoms with E-state index in [1.165, 1.54) is 17.4 Å². The number of barbiturate groups is 1. The lowest BCUT2D eigenvalue weighted by Gasteiger charge is -2.26. The van der Waals surface area contributed by atoms with Gasteiger partial charge in [0.15, 0.2) is 0 Å². The van der Waals surface area contributed by atoms with Gasteiger partial charge in [-0.1, -0.05) is 12.1 Å². The van der Waals surface area contributed by atoms with Gasteiger partial charge in [-0.05, 0) is 54.6 Å². The third-order valence-electron chi connectivity index (χ3n) is 3.40. The highest BCUT2D eigenvalue weighted by atomic mass is 32.1. The Morgan fingerprint density at radius 2 is 1.78 bits per heavy atom. The molecule has 6 heteroatoms. The van der Waals surface area contributed by atoms with Crippen LogP contribution < -0.4 is 10.2 Å². The molecule has 0 saturated carbocycles. The second kappa shape index (κ2) is 5.81. The Morgan fingerprint density at radius 3 is 2.39 bits per heavy atom. The number of hydrogen-bond acceptors (Lipinski definition) is 4. The van der Waals surface area contributed by atoms with Gasteiger partial charge in [-0.3, -0.25) is 14.9 Å². The van der Waals surface area contributed by atoms with Gasteiger partial charge in [0.2, 0.25) is 0 Å². The average molecular weight is 326 g/mol. The number of thiophene rings is 1. The van der Waals surface area contributed by atoms with Crippen molar-refractivity contribution >= 4 is 40.9 Å². The van der Waals surface area contributed by atoms with Gasteiger partial charge in [-0.15, -0.1) is 11.3 Å². The molecule has 1 saturated heterocycles. The Morgan fingerprint density at radius 1 is 1.09 bits per heavy atom. The van der Waals surface area contributed by atoms with Gasteiger partial charge in [-0.2, -0.15) is 0 Å². The summed E-state index contributed by atoms with van der Waals surface area (Å²) in [4.78, 5) is 38.6. The predicted octanol–water partition coefficient (Wildman–Crippen LogP) is 3.03. The van der Waals surface area contributed by atoms with Gasteiger partial charge < -0.3 is 0 Å². The molecule has 0 atom stereocenters. The van der Waals surface area contributed by atoms with E-state index in [-0.39, 0.29) is 5.57 Å². The maximum absolute atomic E-state index is 12.7. The number of anilines is 1. The van der Waals surface area contributed by atoms with Crippen LogP contribution in [0.1, 0.15) is 16.0 Å². The van der Waals surface area contributed by atoms with Crippen molar-refractivity contribution < 1.29 is 14.4 Å². The number of rotatable bonds is 2. The SMILES string of the molecule is Cc1cc(C)cc(N2C(=O)NC(=O)/C(=C\c3cccs3)C2=O)c1. The largest absolute Gasteiger partial charge is 0.335 e. The molecule has 0 bridgehead atoms. The number of hydrogen-bond donors (Lipinski definition) is 1. The summed E-state index contributed by atoms with van der Waals surface area (Å²) in [7, 11) is 0. The van der Waals surface area contributed by atoms with Crippen molar-refractivity contribution in [2.45, 2.75) is 13.8 Å². The van der Waals surface area contributed by atoms with Crippen molar-refractivity contribution in [2.75, 3.05) is 4.90 Å². The summed E-state index contributed by atoms with van der Waals surface area (Å²) < 4.78 is 0. The summed E-state index contributed by atoms with van der Waals surface area (Å²) in [5, 5.41) is 4.07. The smallest absolute Gasteiger partial charge is 0.273 e. The topological polar surface area (TPSA) is 66.5 Å². The average Bonchev–Trinajstić information content (AvgIpc) is 2.95. The quantitative estimate of drug-likeness (QED) is 0.681. The van der Waals surface area contributed by atoms with Crippen LogP contribution in [0.2, 0.25) is 0 Å². The third-order valence-corrected chi connectivity index (χ3v) is 4.22. The number of carbonyl (C=O) groups is 3. The molecule has 0 aliphatic carbocycles. The van der Waals surface area contributed by atoms with Crippen LogP contribution in [-0.4, -0.2) is 17.8 Å². The first kappa shape index (κ1) is 15.2. The Hall–Kier alpha value is -2.73. The monoisotopic (exact) mass is 326 g/mol. The first-order chi connectivity index (χ1) is 11.0. The van der Waals surface area contributed by atoms with Gasteiger partial charge in [0.25, 0.3) is 11.8 Å². The molecule has 1 aliphatic heterocycles. The minimum Gasteiger partial charge on any atom is -0.273 e. The van der Waals surface area contributed by atoms with Crippen molar-refractivity contribution in [3.8, 4) is 0 Å². The Balaban J connectivity index is 2.05. The molecule has 5 nitrogen and oxygen atoms in total. The van der Waals surface area contributed by atoms with Gasteiger partial charge in [-0.25, -0.2) is 9.69 Å². The van der Waals surface area contributed by atoms with Crippen LogP contribution in [0.4, 0.5) is 10.5 Å². The maximum Gasteiger partial charge on any atom is 0.335 e. The molecule has 1 N–H and O–H groups in total.